The Balaban J connectivity index is 1.61. The third-order valence-corrected chi connectivity index (χ3v) is 4.18. The Bertz CT molecular complexity index is 521. The summed E-state index contributed by atoms with van der Waals surface area (Å²) >= 11 is 0. The average molecular weight is 306 g/mol. The molecule has 2 aliphatic rings. The molecule has 1 N–H and O–H groups in total. The maximum atomic E-state index is 12.3. The maximum Gasteiger partial charge on any atom is 0.238 e. The zero-order valence-corrected chi connectivity index (χ0v) is 12.8. The molecule has 6 nitrogen and oxygen atoms in total. The van der Waals surface area contributed by atoms with Crippen LogP contribution < -0.4 is 10.1 Å². The molecule has 2 heterocycles. The lowest BCUT2D eigenvalue weighted by molar-refractivity contribution is -0.142. The lowest BCUT2D eigenvalue weighted by atomic mass is 10.0. The number of nitrogens with one attached hydrogen (secondary N) is 1. The molecule has 0 unspecified atom stereocenters. The van der Waals surface area contributed by atoms with Gasteiger partial charge in [0, 0.05) is 19.2 Å². The molecule has 0 bridgehead atoms. The van der Waals surface area contributed by atoms with Crippen LogP contribution in [0.2, 0.25) is 0 Å². The number of para-hydroxylation sites is 2. The van der Waals surface area contributed by atoms with Gasteiger partial charge >= 0.3 is 0 Å². The summed E-state index contributed by atoms with van der Waals surface area (Å²) in [6.45, 7) is 3.14. The van der Waals surface area contributed by atoms with E-state index in [1.807, 2.05) is 24.3 Å². The summed E-state index contributed by atoms with van der Waals surface area (Å²) in [4.78, 5) is 14.5. The molecule has 2 saturated heterocycles. The predicted octanol–water partition coefficient (Wildman–Crippen LogP) is 1.12. The second-order valence-electron chi connectivity index (χ2n) is 5.56. The minimum Gasteiger partial charge on any atom is -0.495 e. The number of carbonyl (C=O) groups excluding carboxylic acids is 1. The van der Waals surface area contributed by atoms with E-state index in [9.17, 15) is 4.79 Å². The summed E-state index contributed by atoms with van der Waals surface area (Å²) in [6, 6.07) is 7.70. The molecule has 0 aromatic heterocycles. The van der Waals surface area contributed by atoms with E-state index in [0.717, 1.165) is 19.6 Å². The van der Waals surface area contributed by atoms with E-state index in [2.05, 4.69) is 10.2 Å². The number of hydrogen-bond acceptors (Lipinski definition) is 5. The average Bonchev–Trinajstić information content (AvgIpc) is 2.55. The van der Waals surface area contributed by atoms with Crippen molar-refractivity contribution in [1.29, 1.82) is 0 Å². The van der Waals surface area contributed by atoms with Gasteiger partial charge in [-0.15, -0.1) is 0 Å². The lowest BCUT2D eigenvalue weighted by Crippen LogP contribution is -2.57. The molecule has 2 aliphatic heterocycles. The van der Waals surface area contributed by atoms with E-state index in [-0.39, 0.29) is 18.1 Å². The van der Waals surface area contributed by atoms with Gasteiger partial charge in [0.25, 0.3) is 0 Å². The van der Waals surface area contributed by atoms with Gasteiger partial charge in [0.2, 0.25) is 5.91 Å². The predicted molar refractivity (Wildman–Crippen MR) is 82.2 cm³/mol. The molecular weight excluding hydrogens is 284 g/mol. The van der Waals surface area contributed by atoms with Gasteiger partial charge in [-0.1, -0.05) is 12.1 Å². The van der Waals surface area contributed by atoms with Crippen LogP contribution >= 0.6 is 0 Å². The van der Waals surface area contributed by atoms with Gasteiger partial charge in [-0.25, -0.2) is 0 Å². The van der Waals surface area contributed by atoms with Crippen LogP contribution in [0.1, 0.15) is 6.42 Å². The molecule has 1 amide bonds. The number of ether oxygens (including phenoxy) is 3. The summed E-state index contributed by atoms with van der Waals surface area (Å²) in [7, 11) is 1.60. The van der Waals surface area contributed by atoms with E-state index >= 15 is 0 Å². The fourth-order valence-electron chi connectivity index (χ4n) is 3.08. The summed E-state index contributed by atoms with van der Waals surface area (Å²) in [5.74, 6) is 0.637. The van der Waals surface area contributed by atoms with E-state index in [1.165, 1.54) is 0 Å². The largest absolute Gasteiger partial charge is 0.495 e. The van der Waals surface area contributed by atoms with Crippen LogP contribution in [-0.2, 0) is 14.3 Å². The highest BCUT2D eigenvalue weighted by molar-refractivity contribution is 5.93. The van der Waals surface area contributed by atoms with Crippen molar-refractivity contribution in [3.63, 3.8) is 0 Å². The molecular formula is C16H22N2O4. The molecule has 1 aromatic carbocycles. The number of hydrogen-bond donors (Lipinski definition) is 1. The molecule has 1 aromatic rings. The molecule has 0 radical (unpaired) electrons. The van der Waals surface area contributed by atoms with Crippen molar-refractivity contribution in [3.05, 3.63) is 24.3 Å². The van der Waals surface area contributed by atoms with Crippen molar-refractivity contribution in [2.75, 3.05) is 45.3 Å². The van der Waals surface area contributed by atoms with Gasteiger partial charge in [-0.2, -0.15) is 0 Å². The fourth-order valence-corrected chi connectivity index (χ4v) is 3.08. The number of fused-ring (bicyclic) bond motifs is 1. The van der Waals surface area contributed by atoms with Crippen LogP contribution in [0.3, 0.4) is 0 Å². The normalized spacial score (nSPS) is 25.3. The molecule has 0 spiro atoms. The Morgan fingerprint density at radius 1 is 1.41 bits per heavy atom. The van der Waals surface area contributed by atoms with Crippen molar-refractivity contribution >= 4 is 11.6 Å². The zero-order valence-electron chi connectivity index (χ0n) is 12.8. The van der Waals surface area contributed by atoms with Crippen molar-refractivity contribution in [1.82, 2.24) is 4.90 Å². The van der Waals surface area contributed by atoms with Crippen LogP contribution in [-0.4, -0.2) is 63.0 Å². The first-order chi connectivity index (χ1) is 10.8. The van der Waals surface area contributed by atoms with Crippen LogP contribution in [0, 0.1) is 0 Å². The fraction of sp³-hybridized carbons (Fsp3) is 0.562. The number of nitrogens with zero attached hydrogens (tertiary/aromatic N) is 1. The number of anilines is 1. The number of morpholine rings is 1. The minimum atomic E-state index is -0.0309. The standard InChI is InChI=1S/C16H22N2O4/c1-20-14-5-3-2-4-12(14)17-16(19)10-18-7-9-22-15-11-21-8-6-13(15)18/h2-5,13,15H,6-11H2,1H3,(H,17,19)/t13-,15+/m0/s1. The van der Waals surface area contributed by atoms with Crippen LogP contribution in [0.4, 0.5) is 5.69 Å². The van der Waals surface area contributed by atoms with Gasteiger partial charge in [0.05, 0.1) is 38.7 Å². The van der Waals surface area contributed by atoms with Gasteiger partial charge < -0.3 is 19.5 Å². The topological polar surface area (TPSA) is 60.0 Å². The number of benzene rings is 1. The summed E-state index contributed by atoms with van der Waals surface area (Å²) in [5, 5.41) is 2.93. The summed E-state index contributed by atoms with van der Waals surface area (Å²) in [6.07, 6.45) is 0.994. The van der Waals surface area contributed by atoms with Crippen molar-refractivity contribution < 1.29 is 19.0 Å². The second-order valence-corrected chi connectivity index (χ2v) is 5.56. The first-order valence-corrected chi connectivity index (χ1v) is 7.64. The minimum absolute atomic E-state index is 0.0309. The van der Waals surface area contributed by atoms with E-state index < -0.39 is 0 Å². The van der Waals surface area contributed by atoms with Gasteiger partial charge in [-0.3, -0.25) is 9.69 Å². The highest BCUT2D eigenvalue weighted by Gasteiger charge is 2.35. The SMILES string of the molecule is COc1ccccc1NC(=O)CN1CCO[C@@H]2COCC[C@@H]21. The van der Waals surface area contributed by atoms with Gasteiger partial charge in [0.15, 0.2) is 0 Å². The molecule has 22 heavy (non-hydrogen) atoms. The highest BCUT2D eigenvalue weighted by atomic mass is 16.5. The quantitative estimate of drug-likeness (QED) is 0.903. The molecule has 6 heteroatoms. The second kappa shape index (κ2) is 7.09. The Morgan fingerprint density at radius 3 is 3.14 bits per heavy atom. The van der Waals surface area contributed by atoms with E-state index in [0.29, 0.717) is 31.2 Å². The molecule has 0 aliphatic carbocycles. The number of methoxy groups -OCH3 is 1. The Labute approximate surface area is 130 Å². The van der Waals surface area contributed by atoms with E-state index in [1.54, 1.807) is 7.11 Å². The summed E-state index contributed by atoms with van der Waals surface area (Å²) in [5.41, 5.74) is 0.701. The van der Waals surface area contributed by atoms with Crippen LogP contribution in [0.15, 0.2) is 24.3 Å². The monoisotopic (exact) mass is 306 g/mol. The molecule has 3 rings (SSSR count). The third-order valence-electron chi connectivity index (χ3n) is 4.18. The van der Waals surface area contributed by atoms with Crippen molar-refractivity contribution in [2.45, 2.75) is 18.6 Å². The Hall–Kier alpha value is -1.63. The Morgan fingerprint density at radius 2 is 2.27 bits per heavy atom. The first-order valence-electron chi connectivity index (χ1n) is 7.64. The zero-order chi connectivity index (χ0) is 15.4. The number of carbonyl (C=O) groups is 1. The molecule has 0 saturated carbocycles. The molecule has 2 atom stereocenters. The number of amides is 1. The van der Waals surface area contributed by atoms with Crippen LogP contribution in [0.25, 0.3) is 0 Å². The van der Waals surface area contributed by atoms with Gasteiger partial charge in [0.1, 0.15) is 5.75 Å². The smallest absolute Gasteiger partial charge is 0.238 e. The van der Waals surface area contributed by atoms with Gasteiger partial charge in [-0.05, 0) is 18.6 Å². The molecule has 2 fully saturated rings. The maximum absolute atomic E-state index is 12.3. The third kappa shape index (κ3) is 3.40. The van der Waals surface area contributed by atoms with Crippen LogP contribution in [0.5, 0.6) is 5.75 Å². The summed E-state index contributed by atoms with van der Waals surface area (Å²) < 4.78 is 16.4. The molecule has 120 valence electrons. The van der Waals surface area contributed by atoms with E-state index in [4.69, 9.17) is 14.2 Å². The van der Waals surface area contributed by atoms with Crippen molar-refractivity contribution in [3.8, 4) is 5.75 Å². The first kappa shape index (κ1) is 15.3. The Kier molecular flexibility index (Phi) is 4.92. The highest BCUT2D eigenvalue weighted by Crippen LogP contribution is 2.24. The lowest BCUT2D eigenvalue weighted by Gasteiger charge is -2.43. The number of rotatable bonds is 4. The van der Waals surface area contributed by atoms with Crippen molar-refractivity contribution in [2.24, 2.45) is 0 Å².